The molecule has 0 aromatic heterocycles. The minimum Gasteiger partial charge on any atom is -0.545 e. The smallest absolute Gasteiger partial charge is 0.293 e. The molecule has 0 amide bonds. The molecule has 2 spiro atoms. The number of quaternary nitrogens is 1. The summed E-state index contributed by atoms with van der Waals surface area (Å²) < 4.78 is 6.49. The number of carboxylic acid groups (broad SMARTS) is 1. The number of nitrogens with two attached hydrogens (primary N) is 1. The number of allylic oxidation sites excluding steroid dienone is 1. The number of piperidine rings is 1. The molecule has 2 bridgehead atoms. The van der Waals surface area contributed by atoms with Gasteiger partial charge >= 0.3 is 0 Å². The minimum absolute atomic E-state index is 0.0267. The van der Waals surface area contributed by atoms with Crippen molar-refractivity contribution >= 4 is 11.9 Å². The molecule has 3 saturated carbocycles. The van der Waals surface area contributed by atoms with Gasteiger partial charge in [0.2, 0.25) is 0 Å². The molecule has 6 aliphatic rings. The quantitative estimate of drug-likeness (QED) is 0.0847. The van der Waals surface area contributed by atoms with E-state index in [9.17, 15) is 20.1 Å². The minimum atomic E-state index is -1.67. The lowest BCUT2D eigenvalue weighted by molar-refractivity contribution is -0.831. The molecule has 234 valence electrons. The van der Waals surface area contributed by atoms with Crippen molar-refractivity contribution in [2.24, 2.45) is 44.7 Å². The molecule has 0 radical (unpaired) electrons. The molecule has 10 atom stereocenters. The number of likely N-dealkylation sites (tertiary alicyclic amines) is 1. The number of hydrogen-bond acceptors (Lipinski definition) is 8. The van der Waals surface area contributed by atoms with Crippen LogP contribution < -0.4 is 26.4 Å². The van der Waals surface area contributed by atoms with E-state index in [0.29, 0.717) is 31.5 Å². The first-order chi connectivity index (χ1) is 20.1. The molecule has 10 heteroatoms. The summed E-state index contributed by atoms with van der Waals surface area (Å²) in [6, 6.07) is 0.366. The van der Waals surface area contributed by atoms with Gasteiger partial charge in [-0.05, 0) is 63.8 Å². The van der Waals surface area contributed by atoms with Crippen molar-refractivity contribution in [3.05, 3.63) is 23.3 Å². The molecule has 1 heterocycles. The number of guanidine groups is 1. The van der Waals surface area contributed by atoms with Crippen LogP contribution in [0.25, 0.3) is 0 Å². The van der Waals surface area contributed by atoms with Crippen LogP contribution in [0.2, 0.25) is 0 Å². The van der Waals surface area contributed by atoms with Crippen LogP contribution in [-0.4, -0.2) is 93.4 Å². The summed E-state index contributed by atoms with van der Waals surface area (Å²) in [5.74, 6) is -0.702. The van der Waals surface area contributed by atoms with Crippen LogP contribution in [0.1, 0.15) is 58.3 Å². The highest BCUT2D eigenvalue weighted by Crippen LogP contribution is 2.82. The fourth-order valence-corrected chi connectivity index (χ4v) is 11.3. The number of aliphatic imine (C=N–C) groups is 1. The van der Waals surface area contributed by atoms with E-state index in [-0.39, 0.29) is 47.6 Å². The largest absolute Gasteiger partial charge is 0.545 e. The van der Waals surface area contributed by atoms with E-state index in [1.165, 1.54) is 0 Å². The molecule has 0 aromatic carbocycles. The number of aliphatic hydroxyl groups is 2. The summed E-state index contributed by atoms with van der Waals surface area (Å²) in [6.45, 7) is 5.03. The van der Waals surface area contributed by atoms with E-state index in [4.69, 9.17) is 10.5 Å². The Kier molecular flexibility index (Phi) is 7.89. The zero-order valence-corrected chi connectivity index (χ0v) is 25.6. The van der Waals surface area contributed by atoms with E-state index in [1.807, 2.05) is 7.05 Å². The number of nitrogens with one attached hydrogen (secondary N) is 3. The van der Waals surface area contributed by atoms with Gasteiger partial charge in [-0.2, -0.15) is 0 Å². The standard InChI is InChI=1S/C32H51N5O5/c1-20-7-8-21-15-24-26(27(39)40)30(41,19-42-23-6-4-5-22(16-23)34-2)25-9-10-29(17-36-12-14-38)11-13-37(28(33)35-3)18-31(21,29)32(20,24)25/h9-10,20-23,25,34,36,38,41H,4-8,11-19H2,1-3H3,(H2,33,35)(H,39,40). The monoisotopic (exact) mass is 585 g/mol. The van der Waals surface area contributed by atoms with Gasteiger partial charge in [-0.3, -0.25) is 4.90 Å². The normalized spacial score (nSPS) is 46.1. The van der Waals surface area contributed by atoms with E-state index >= 15 is 0 Å². The number of carbonyl (C=O) groups excluding carboxylic acids is 1. The molecule has 4 fully saturated rings. The van der Waals surface area contributed by atoms with Crippen molar-refractivity contribution < 1.29 is 29.8 Å². The average Bonchev–Trinajstić information content (AvgIpc) is 3.33. The van der Waals surface area contributed by atoms with Gasteiger partial charge < -0.3 is 41.2 Å². The first-order valence-electron chi connectivity index (χ1n) is 16.2. The molecule has 10 unspecified atom stereocenters. The fourth-order valence-electron chi connectivity index (χ4n) is 11.3. The van der Waals surface area contributed by atoms with E-state index in [0.717, 1.165) is 68.5 Å². The number of hydrogen-bond donors (Lipinski definition) is 6. The summed E-state index contributed by atoms with van der Waals surface area (Å²) >= 11 is 0. The Balaban J connectivity index is 1.50. The van der Waals surface area contributed by atoms with Crippen LogP contribution in [0.15, 0.2) is 28.3 Å². The summed E-state index contributed by atoms with van der Waals surface area (Å²) in [7, 11) is 3.70. The highest BCUT2D eigenvalue weighted by atomic mass is 16.5. The highest BCUT2D eigenvalue weighted by molar-refractivity contribution is 5.91. The van der Waals surface area contributed by atoms with Gasteiger partial charge in [-0.1, -0.05) is 24.6 Å². The summed E-state index contributed by atoms with van der Waals surface area (Å²) in [5, 5.41) is 42.4. The van der Waals surface area contributed by atoms with Gasteiger partial charge in [-0.25, -0.2) is 4.99 Å². The van der Waals surface area contributed by atoms with Crippen molar-refractivity contribution in [2.75, 3.05) is 53.5 Å². The van der Waals surface area contributed by atoms with Gasteiger partial charge in [-0.15, -0.1) is 0 Å². The molecular formula is C32H51N5O5. The van der Waals surface area contributed by atoms with E-state index in [1.54, 1.807) is 7.05 Å². The van der Waals surface area contributed by atoms with Crippen LogP contribution in [0.5, 0.6) is 0 Å². The van der Waals surface area contributed by atoms with Gasteiger partial charge in [0.05, 0.1) is 38.4 Å². The third-order valence-corrected chi connectivity index (χ3v) is 12.8. The summed E-state index contributed by atoms with van der Waals surface area (Å²) in [6.07, 6.45) is 11.8. The lowest BCUT2D eigenvalue weighted by Gasteiger charge is -2.68. The maximum absolute atomic E-state index is 13.2. The van der Waals surface area contributed by atoms with Crippen LogP contribution in [0.3, 0.4) is 0 Å². The molecule has 0 aromatic rings. The molecule has 5 aliphatic carbocycles. The van der Waals surface area contributed by atoms with Crippen molar-refractivity contribution in [3.63, 3.8) is 0 Å². The maximum Gasteiger partial charge on any atom is 0.293 e. The zero-order chi connectivity index (χ0) is 29.9. The molecule has 42 heavy (non-hydrogen) atoms. The lowest BCUT2D eigenvalue weighted by Crippen LogP contribution is -3.19. The number of rotatable bonds is 9. The third kappa shape index (κ3) is 3.91. The second-order valence-electron chi connectivity index (χ2n) is 14.2. The van der Waals surface area contributed by atoms with Gasteiger partial charge in [0.15, 0.2) is 0 Å². The molecule has 1 aliphatic heterocycles. The van der Waals surface area contributed by atoms with E-state index < -0.39 is 22.9 Å². The topological polar surface area (TPSA) is 157 Å². The van der Waals surface area contributed by atoms with Gasteiger partial charge in [0.25, 0.3) is 5.96 Å². The van der Waals surface area contributed by atoms with Crippen LogP contribution in [0, 0.1) is 34.0 Å². The van der Waals surface area contributed by atoms with Crippen LogP contribution in [0.4, 0.5) is 0 Å². The SMILES string of the molecule is CN=C(N)[NH+]1CCC2(CNCCO)C=CC3C(O)(COC4CCCC(NC)C4)C(C(=O)[O-])=C4CC5CCC(C)C43C52C1. The second kappa shape index (κ2) is 11.0. The molecular weight excluding hydrogens is 534 g/mol. The van der Waals surface area contributed by atoms with Crippen molar-refractivity contribution in [1.29, 1.82) is 0 Å². The maximum atomic E-state index is 13.2. The molecule has 6 rings (SSSR count). The molecule has 1 saturated heterocycles. The average molecular weight is 586 g/mol. The van der Waals surface area contributed by atoms with Crippen molar-refractivity contribution in [3.8, 4) is 0 Å². The van der Waals surface area contributed by atoms with Crippen molar-refractivity contribution in [2.45, 2.75) is 76.0 Å². The van der Waals surface area contributed by atoms with E-state index in [2.05, 4.69) is 34.7 Å². The summed E-state index contributed by atoms with van der Waals surface area (Å²) in [5.41, 5.74) is 4.65. The Morgan fingerprint density at radius 3 is 2.83 bits per heavy atom. The fraction of sp³-hybridized carbons (Fsp3) is 0.812. The Hall–Kier alpha value is -1.82. The van der Waals surface area contributed by atoms with Crippen LogP contribution in [-0.2, 0) is 9.53 Å². The predicted molar refractivity (Wildman–Crippen MR) is 157 cm³/mol. The first kappa shape index (κ1) is 30.2. The molecule has 7 N–H and O–H groups in total. The third-order valence-electron chi connectivity index (χ3n) is 12.8. The Labute approximate surface area is 249 Å². The Bertz CT molecular complexity index is 1170. The number of nitrogens with zero attached hydrogens (tertiary/aromatic N) is 1. The number of carbonyl (C=O) groups is 1. The van der Waals surface area contributed by atoms with Gasteiger partial charge in [0, 0.05) is 60.3 Å². The Morgan fingerprint density at radius 1 is 1.31 bits per heavy atom. The zero-order valence-electron chi connectivity index (χ0n) is 25.6. The second-order valence-corrected chi connectivity index (χ2v) is 14.2. The predicted octanol–water partition coefficient (Wildman–Crippen LogP) is -1.27. The Morgan fingerprint density at radius 2 is 2.12 bits per heavy atom. The first-order valence-corrected chi connectivity index (χ1v) is 16.2. The number of aliphatic hydroxyl groups excluding tert-OH is 1. The number of carboxylic acids is 1. The van der Waals surface area contributed by atoms with Crippen molar-refractivity contribution in [1.82, 2.24) is 10.6 Å². The highest BCUT2D eigenvalue weighted by Gasteiger charge is 2.83. The lowest BCUT2D eigenvalue weighted by atomic mass is 9.36. The number of aliphatic carboxylic acids is 1. The molecule has 10 nitrogen and oxygen atoms in total. The number of ether oxygens (including phenoxy) is 1. The summed E-state index contributed by atoms with van der Waals surface area (Å²) in [4.78, 5) is 18.7. The van der Waals surface area contributed by atoms with Gasteiger partial charge in [0.1, 0.15) is 5.60 Å². The van der Waals surface area contributed by atoms with Crippen LogP contribution >= 0.6 is 0 Å².